The third-order valence-corrected chi connectivity index (χ3v) is 3.17. The van der Waals surface area contributed by atoms with E-state index in [1.54, 1.807) is 11.8 Å². The predicted molar refractivity (Wildman–Crippen MR) is 64.4 cm³/mol. The van der Waals surface area contributed by atoms with Gasteiger partial charge in [0.05, 0.1) is 0 Å². The van der Waals surface area contributed by atoms with Gasteiger partial charge in [0, 0.05) is 17.0 Å². The number of terminal acetylenes is 1. The molecule has 0 saturated carbocycles. The van der Waals surface area contributed by atoms with Gasteiger partial charge in [-0.05, 0) is 30.7 Å². The van der Waals surface area contributed by atoms with Crippen molar-refractivity contribution in [2.45, 2.75) is 24.7 Å². The van der Waals surface area contributed by atoms with E-state index in [-0.39, 0.29) is 0 Å². The van der Waals surface area contributed by atoms with Crippen molar-refractivity contribution in [3.8, 4) is 12.3 Å². The van der Waals surface area contributed by atoms with Crippen molar-refractivity contribution < 1.29 is 0 Å². The van der Waals surface area contributed by atoms with E-state index < -0.39 is 0 Å². The van der Waals surface area contributed by atoms with Gasteiger partial charge in [0.2, 0.25) is 0 Å². The van der Waals surface area contributed by atoms with Gasteiger partial charge in [-0.15, -0.1) is 24.1 Å². The summed E-state index contributed by atoms with van der Waals surface area (Å²) in [4.78, 5) is 1.17. The third-order valence-electron chi connectivity index (χ3n) is 2.01. The maximum atomic E-state index is 5.94. The lowest BCUT2D eigenvalue weighted by atomic mass is 10.2. The first-order chi connectivity index (χ1) is 6.75. The van der Waals surface area contributed by atoms with Gasteiger partial charge in [0.1, 0.15) is 0 Å². The second-order valence-electron chi connectivity index (χ2n) is 3.14. The van der Waals surface area contributed by atoms with Gasteiger partial charge in [-0.3, -0.25) is 0 Å². The topological polar surface area (TPSA) is 26.0 Å². The number of para-hydroxylation sites is 1. The average Bonchev–Trinajstić information content (AvgIpc) is 2.19. The van der Waals surface area contributed by atoms with Crippen molar-refractivity contribution in [3.05, 3.63) is 23.8 Å². The molecule has 0 amide bonds. The number of thioether (sulfide) groups is 1. The summed E-state index contributed by atoms with van der Waals surface area (Å²) >= 11 is 1.78. The summed E-state index contributed by atoms with van der Waals surface area (Å²) in [5, 5.41) is 0. The van der Waals surface area contributed by atoms with Crippen LogP contribution in [0.2, 0.25) is 0 Å². The van der Waals surface area contributed by atoms with Crippen LogP contribution in [-0.4, -0.2) is 5.75 Å². The van der Waals surface area contributed by atoms with E-state index in [1.165, 1.54) is 4.90 Å². The van der Waals surface area contributed by atoms with Crippen LogP contribution in [0.25, 0.3) is 0 Å². The highest BCUT2D eigenvalue weighted by atomic mass is 32.2. The van der Waals surface area contributed by atoms with E-state index in [0.717, 1.165) is 29.8 Å². The number of aryl methyl sites for hydroxylation is 1. The zero-order valence-electron chi connectivity index (χ0n) is 8.42. The molecule has 0 spiro atoms. The molecule has 0 aromatic heterocycles. The van der Waals surface area contributed by atoms with Crippen molar-refractivity contribution in [1.29, 1.82) is 0 Å². The highest BCUT2D eigenvalue weighted by Crippen LogP contribution is 2.27. The Bertz CT molecular complexity index is 339. The lowest BCUT2D eigenvalue weighted by molar-refractivity contribution is 0.997. The third kappa shape index (κ3) is 3.01. The summed E-state index contributed by atoms with van der Waals surface area (Å²) in [5.41, 5.74) is 7.98. The Hall–Kier alpha value is -1.07. The number of hydrogen-bond donors (Lipinski definition) is 1. The second-order valence-corrected chi connectivity index (χ2v) is 4.28. The fourth-order valence-electron chi connectivity index (χ4n) is 1.14. The van der Waals surface area contributed by atoms with Gasteiger partial charge in [-0.25, -0.2) is 0 Å². The molecule has 2 N–H and O–H groups in total. The SMILES string of the molecule is C#CCCCSc1cccc(C)c1N. The summed E-state index contributed by atoms with van der Waals surface area (Å²) in [6.07, 6.45) is 7.07. The lowest BCUT2D eigenvalue weighted by Crippen LogP contribution is -1.92. The molecule has 1 nitrogen and oxygen atoms in total. The highest BCUT2D eigenvalue weighted by Gasteiger charge is 2.00. The van der Waals surface area contributed by atoms with Crippen molar-refractivity contribution in [1.82, 2.24) is 0 Å². The fraction of sp³-hybridized carbons (Fsp3) is 0.333. The monoisotopic (exact) mass is 205 g/mol. The number of unbranched alkanes of at least 4 members (excludes halogenated alkanes) is 1. The molecule has 1 aromatic rings. The molecule has 0 radical (unpaired) electrons. The molecular formula is C12H15NS. The smallest absolute Gasteiger partial charge is 0.0481 e. The predicted octanol–water partition coefficient (Wildman–Crippen LogP) is 3.08. The number of anilines is 1. The van der Waals surface area contributed by atoms with E-state index in [4.69, 9.17) is 12.2 Å². The molecule has 74 valence electrons. The fourth-order valence-corrected chi connectivity index (χ4v) is 2.14. The Balaban J connectivity index is 2.51. The van der Waals surface area contributed by atoms with Crippen LogP contribution >= 0.6 is 11.8 Å². The first kappa shape index (κ1) is 11.0. The van der Waals surface area contributed by atoms with E-state index in [1.807, 2.05) is 19.1 Å². The van der Waals surface area contributed by atoms with Crippen LogP contribution in [0.3, 0.4) is 0 Å². The Labute approximate surface area is 90.1 Å². The Morgan fingerprint density at radius 2 is 2.29 bits per heavy atom. The molecule has 0 atom stereocenters. The van der Waals surface area contributed by atoms with E-state index in [9.17, 15) is 0 Å². The largest absolute Gasteiger partial charge is 0.398 e. The summed E-state index contributed by atoms with van der Waals surface area (Å²) in [5.74, 6) is 3.67. The summed E-state index contributed by atoms with van der Waals surface area (Å²) in [6.45, 7) is 2.03. The molecule has 1 aromatic carbocycles. The number of rotatable bonds is 4. The maximum absolute atomic E-state index is 5.94. The van der Waals surface area contributed by atoms with Crippen LogP contribution < -0.4 is 5.73 Å². The standard InChI is InChI=1S/C12H15NS/c1-3-4-5-9-14-11-8-6-7-10(2)12(11)13/h1,6-8H,4-5,9,13H2,2H3. The maximum Gasteiger partial charge on any atom is 0.0481 e. The molecule has 0 fully saturated rings. The lowest BCUT2D eigenvalue weighted by Gasteiger charge is -2.06. The Morgan fingerprint density at radius 3 is 3.00 bits per heavy atom. The zero-order chi connectivity index (χ0) is 10.4. The molecule has 0 aliphatic carbocycles. The first-order valence-corrected chi connectivity index (χ1v) is 5.65. The summed E-state index contributed by atoms with van der Waals surface area (Å²) < 4.78 is 0. The number of nitrogen functional groups attached to an aromatic ring is 1. The number of nitrogens with two attached hydrogens (primary N) is 1. The van der Waals surface area contributed by atoms with E-state index in [0.29, 0.717) is 0 Å². The van der Waals surface area contributed by atoms with Crippen LogP contribution in [0, 0.1) is 19.3 Å². The minimum absolute atomic E-state index is 0.846. The molecule has 2 heteroatoms. The van der Waals surface area contributed by atoms with Crippen molar-refractivity contribution in [3.63, 3.8) is 0 Å². The zero-order valence-corrected chi connectivity index (χ0v) is 9.23. The van der Waals surface area contributed by atoms with Crippen LogP contribution in [0.4, 0.5) is 5.69 Å². The molecule has 0 unspecified atom stereocenters. The first-order valence-electron chi connectivity index (χ1n) is 4.67. The highest BCUT2D eigenvalue weighted by molar-refractivity contribution is 7.99. The van der Waals surface area contributed by atoms with Crippen molar-refractivity contribution >= 4 is 17.4 Å². The van der Waals surface area contributed by atoms with Gasteiger partial charge < -0.3 is 5.73 Å². The van der Waals surface area contributed by atoms with Crippen LogP contribution in [0.5, 0.6) is 0 Å². The Kier molecular flexibility index (Phi) is 4.42. The molecule has 0 heterocycles. The molecule has 0 bridgehead atoms. The molecule has 14 heavy (non-hydrogen) atoms. The van der Waals surface area contributed by atoms with Gasteiger partial charge in [0.15, 0.2) is 0 Å². The molecule has 0 saturated heterocycles. The number of benzene rings is 1. The summed E-state index contributed by atoms with van der Waals surface area (Å²) in [7, 11) is 0. The van der Waals surface area contributed by atoms with Gasteiger partial charge >= 0.3 is 0 Å². The molecule has 0 aliphatic rings. The molecule has 0 aliphatic heterocycles. The van der Waals surface area contributed by atoms with E-state index >= 15 is 0 Å². The summed E-state index contributed by atoms with van der Waals surface area (Å²) in [6, 6.07) is 6.12. The minimum Gasteiger partial charge on any atom is -0.398 e. The van der Waals surface area contributed by atoms with Gasteiger partial charge in [0.25, 0.3) is 0 Å². The van der Waals surface area contributed by atoms with Crippen LogP contribution in [0.1, 0.15) is 18.4 Å². The minimum atomic E-state index is 0.846. The van der Waals surface area contributed by atoms with Crippen LogP contribution in [0.15, 0.2) is 23.1 Å². The quantitative estimate of drug-likeness (QED) is 0.354. The Morgan fingerprint density at radius 1 is 1.50 bits per heavy atom. The number of hydrogen-bond acceptors (Lipinski definition) is 2. The molecule has 1 rings (SSSR count). The van der Waals surface area contributed by atoms with Gasteiger partial charge in [-0.1, -0.05) is 12.1 Å². The van der Waals surface area contributed by atoms with Crippen LogP contribution in [-0.2, 0) is 0 Å². The van der Waals surface area contributed by atoms with Crippen molar-refractivity contribution in [2.24, 2.45) is 0 Å². The van der Waals surface area contributed by atoms with Crippen molar-refractivity contribution in [2.75, 3.05) is 11.5 Å². The van der Waals surface area contributed by atoms with E-state index in [2.05, 4.69) is 12.0 Å². The molecular weight excluding hydrogens is 190 g/mol. The normalized spacial score (nSPS) is 9.71. The van der Waals surface area contributed by atoms with Gasteiger partial charge in [-0.2, -0.15) is 0 Å². The second kappa shape index (κ2) is 5.62. The average molecular weight is 205 g/mol.